The van der Waals surface area contributed by atoms with E-state index in [1.165, 1.54) is 0 Å². The second-order valence-corrected chi connectivity index (χ2v) is 9.44. The highest BCUT2D eigenvalue weighted by atomic mass is 32.2. The molecule has 4 rings (SSSR count). The molecule has 7 heteroatoms. The van der Waals surface area contributed by atoms with Crippen molar-refractivity contribution in [1.29, 1.82) is 0 Å². The Kier molecular flexibility index (Phi) is 4.33. The molecule has 0 radical (unpaired) electrons. The van der Waals surface area contributed by atoms with Crippen LogP contribution in [0.15, 0.2) is 29.2 Å². The van der Waals surface area contributed by atoms with Gasteiger partial charge in [-0.3, -0.25) is 4.79 Å². The van der Waals surface area contributed by atoms with Gasteiger partial charge in [-0.25, -0.2) is 13.1 Å². The predicted octanol–water partition coefficient (Wildman–Crippen LogP) is 1.70. The molecule has 1 spiro atoms. The Morgan fingerprint density at radius 3 is 2.48 bits per heavy atom. The van der Waals surface area contributed by atoms with Gasteiger partial charge in [0, 0.05) is 18.2 Å². The van der Waals surface area contributed by atoms with Gasteiger partial charge in [0.05, 0.1) is 4.90 Å². The number of benzene rings is 1. The van der Waals surface area contributed by atoms with Crippen LogP contribution in [0.1, 0.15) is 32.1 Å². The van der Waals surface area contributed by atoms with E-state index >= 15 is 0 Å². The fourth-order valence-corrected chi connectivity index (χ4v) is 4.89. The first kappa shape index (κ1) is 17.0. The molecule has 0 aromatic heterocycles. The third-order valence-electron chi connectivity index (χ3n) is 5.80. The molecule has 3 N–H and O–H groups in total. The van der Waals surface area contributed by atoms with E-state index in [0.717, 1.165) is 45.2 Å². The summed E-state index contributed by atoms with van der Waals surface area (Å²) in [7, 11) is -3.46. The number of amides is 1. The summed E-state index contributed by atoms with van der Waals surface area (Å²) in [6.07, 6.45) is 5.31. The number of hydrogen-bond donors (Lipinski definition) is 3. The summed E-state index contributed by atoms with van der Waals surface area (Å²) < 4.78 is 27.1. The summed E-state index contributed by atoms with van der Waals surface area (Å²) in [6.45, 7) is 2.49. The van der Waals surface area contributed by atoms with Crippen LogP contribution in [-0.4, -0.2) is 34.0 Å². The Morgan fingerprint density at radius 1 is 1.16 bits per heavy atom. The highest BCUT2D eigenvalue weighted by molar-refractivity contribution is 7.89. The molecule has 1 amide bonds. The van der Waals surface area contributed by atoms with Crippen molar-refractivity contribution in [2.45, 2.75) is 37.0 Å². The maximum Gasteiger partial charge on any atom is 0.240 e. The van der Waals surface area contributed by atoms with Gasteiger partial charge in [-0.15, -0.1) is 0 Å². The van der Waals surface area contributed by atoms with E-state index in [4.69, 9.17) is 0 Å². The van der Waals surface area contributed by atoms with Crippen molar-refractivity contribution in [3.8, 4) is 0 Å². The van der Waals surface area contributed by atoms with E-state index in [2.05, 4.69) is 15.4 Å². The van der Waals surface area contributed by atoms with Crippen molar-refractivity contribution in [2.75, 3.05) is 25.0 Å². The maximum atomic E-state index is 12.5. The van der Waals surface area contributed by atoms with Crippen molar-refractivity contribution in [3.63, 3.8) is 0 Å². The van der Waals surface area contributed by atoms with E-state index in [9.17, 15) is 13.2 Å². The van der Waals surface area contributed by atoms with Gasteiger partial charge in [0.15, 0.2) is 0 Å². The summed E-state index contributed by atoms with van der Waals surface area (Å²) in [5.74, 6) is 0.650. The minimum atomic E-state index is -3.46. The molecular formula is C18H25N3O3S. The number of carbonyl (C=O) groups is 1. The molecule has 1 unspecified atom stereocenters. The van der Waals surface area contributed by atoms with Crippen LogP contribution in [0.4, 0.5) is 5.69 Å². The molecule has 136 valence electrons. The molecule has 3 fully saturated rings. The highest BCUT2D eigenvalue weighted by Gasteiger charge is 2.57. The lowest BCUT2D eigenvalue weighted by atomic mass is 9.92. The van der Waals surface area contributed by atoms with E-state index in [1.54, 1.807) is 24.3 Å². The Balaban J connectivity index is 1.35. The molecule has 2 aliphatic carbocycles. The van der Waals surface area contributed by atoms with Crippen molar-refractivity contribution < 1.29 is 13.2 Å². The lowest BCUT2D eigenvalue weighted by Gasteiger charge is -2.23. The minimum absolute atomic E-state index is 0.0596. The predicted molar refractivity (Wildman–Crippen MR) is 95.6 cm³/mol. The van der Waals surface area contributed by atoms with E-state index in [0.29, 0.717) is 18.2 Å². The molecule has 1 heterocycles. The zero-order chi connectivity index (χ0) is 17.5. The van der Waals surface area contributed by atoms with Crippen LogP contribution < -0.4 is 15.4 Å². The van der Waals surface area contributed by atoms with Gasteiger partial charge >= 0.3 is 0 Å². The molecule has 1 saturated heterocycles. The lowest BCUT2D eigenvalue weighted by Crippen LogP contribution is -2.31. The lowest BCUT2D eigenvalue weighted by molar-refractivity contribution is -0.118. The van der Waals surface area contributed by atoms with Gasteiger partial charge in [-0.1, -0.05) is 0 Å². The van der Waals surface area contributed by atoms with Crippen LogP contribution in [0.2, 0.25) is 0 Å². The van der Waals surface area contributed by atoms with Crippen molar-refractivity contribution in [2.24, 2.45) is 17.3 Å². The van der Waals surface area contributed by atoms with Crippen molar-refractivity contribution in [3.05, 3.63) is 24.3 Å². The number of hydrogen-bond acceptors (Lipinski definition) is 4. The molecule has 25 heavy (non-hydrogen) atoms. The zero-order valence-electron chi connectivity index (χ0n) is 14.3. The van der Waals surface area contributed by atoms with E-state index < -0.39 is 10.0 Å². The van der Waals surface area contributed by atoms with Crippen LogP contribution >= 0.6 is 0 Å². The SMILES string of the molecule is O=C(Nc1ccc(S(=O)(=O)NCC2CC2)cc1)C1CC12CCNCC2. The summed E-state index contributed by atoms with van der Waals surface area (Å²) in [5.41, 5.74) is 0.854. The van der Waals surface area contributed by atoms with Gasteiger partial charge in [-0.2, -0.15) is 0 Å². The minimum Gasteiger partial charge on any atom is -0.326 e. The molecule has 1 aromatic rings. The van der Waals surface area contributed by atoms with Crippen LogP contribution in [0.25, 0.3) is 0 Å². The first-order chi connectivity index (χ1) is 12.0. The van der Waals surface area contributed by atoms with Gasteiger partial charge in [0.1, 0.15) is 0 Å². The first-order valence-electron chi connectivity index (χ1n) is 9.10. The maximum absolute atomic E-state index is 12.5. The largest absolute Gasteiger partial charge is 0.326 e. The van der Waals surface area contributed by atoms with Crippen molar-refractivity contribution >= 4 is 21.6 Å². The van der Waals surface area contributed by atoms with E-state index in [-0.39, 0.29) is 22.1 Å². The molecular weight excluding hydrogens is 338 g/mol. The smallest absolute Gasteiger partial charge is 0.240 e. The van der Waals surface area contributed by atoms with E-state index in [1.807, 2.05) is 0 Å². The summed E-state index contributed by atoms with van der Waals surface area (Å²) in [4.78, 5) is 12.7. The molecule has 1 aromatic carbocycles. The second kappa shape index (κ2) is 6.37. The Bertz CT molecular complexity index is 750. The third-order valence-corrected chi connectivity index (χ3v) is 7.24. The summed E-state index contributed by atoms with van der Waals surface area (Å²) in [6, 6.07) is 6.44. The van der Waals surface area contributed by atoms with Gasteiger partial charge in [0.25, 0.3) is 0 Å². The van der Waals surface area contributed by atoms with Gasteiger partial charge in [-0.05, 0) is 80.8 Å². The Morgan fingerprint density at radius 2 is 1.84 bits per heavy atom. The third kappa shape index (κ3) is 3.73. The molecule has 1 atom stereocenters. The van der Waals surface area contributed by atoms with Crippen LogP contribution in [0.3, 0.4) is 0 Å². The quantitative estimate of drug-likeness (QED) is 0.718. The Labute approximate surface area is 148 Å². The molecule has 1 aliphatic heterocycles. The van der Waals surface area contributed by atoms with Crippen molar-refractivity contribution in [1.82, 2.24) is 10.0 Å². The fraction of sp³-hybridized carbons (Fsp3) is 0.611. The number of sulfonamides is 1. The first-order valence-corrected chi connectivity index (χ1v) is 10.6. The molecule has 3 aliphatic rings. The normalized spacial score (nSPS) is 24.9. The second-order valence-electron chi connectivity index (χ2n) is 7.68. The number of rotatable bonds is 6. The monoisotopic (exact) mass is 363 g/mol. The molecule has 2 saturated carbocycles. The number of nitrogens with one attached hydrogen (secondary N) is 3. The number of carbonyl (C=O) groups excluding carboxylic acids is 1. The highest BCUT2D eigenvalue weighted by Crippen LogP contribution is 2.58. The zero-order valence-corrected chi connectivity index (χ0v) is 15.1. The summed E-state index contributed by atoms with van der Waals surface area (Å²) in [5, 5.41) is 6.28. The van der Waals surface area contributed by atoms with Crippen LogP contribution in [0, 0.1) is 17.3 Å². The van der Waals surface area contributed by atoms with Crippen LogP contribution in [0.5, 0.6) is 0 Å². The average Bonchev–Trinajstić information content (AvgIpc) is 3.52. The summed E-state index contributed by atoms with van der Waals surface area (Å²) >= 11 is 0. The fourth-order valence-electron chi connectivity index (χ4n) is 3.78. The number of anilines is 1. The topological polar surface area (TPSA) is 87.3 Å². The van der Waals surface area contributed by atoms with Crippen LogP contribution in [-0.2, 0) is 14.8 Å². The standard InChI is InChI=1S/C18H25N3O3S/c22-17(16-11-18(16)7-9-19-10-8-18)21-14-3-5-15(6-4-14)25(23,24)20-12-13-1-2-13/h3-6,13,16,19-20H,1-2,7-12H2,(H,21,22). The Hall–Kier alpha value is -1.44. The average molecular weight is 363 g/mol. The number of piperidine rings is 1. The molecule has 0 bridgehead atoms. The molecule has 6 nitrogen and oxygen atoms in total. The van der Waals surface area contributed by atoms with Gasteiger partial charge < -0.3 is 10.6 Å². The van der Waals surface area contributed by atoms with Gasteiger partial charge in [0.2, 0.25) is 15.9 Å².